The molecule has 7 heteroatoms. The van der Waals surface area contributed by atoms with Gasteiger partial charge in [-0.2, -0.15) is 0 Å². The van der Waals surface area contributed by atoms with Crippen LogP contribution >= 0.6 is 0 Å². The highest BCUT2D eigenvalue weighted by molar-refractivity contribution is 5.82. The second kappa shape index (κ2) is 7.43. The molecule has 2 aliphatic heterocycles. The average molecular weight is 362 g/mol. The molecule has 0 bridgehead atoms. The Hall–Kier alpha value is -2.44. The molecular weight excluding hydrogens is 339 g/mol. The average Bonchev–Trinajstić information content (AvgIpc) is 3.07. The number of nitrogens with zero attached hydrogens (tertiary/aromatic N) is 2. The van der Waals surface area contributed by atoms with Gasteiger partial charge in [-0.15, -0.1) is 0 Å². The summed E-state index contributed by atoms with van der Waals surface area (Å²) in [5.74, 6) is -2.77. The van der Waals surface area contributed by atoms with Crippen molar-refractivity contribution in [2.45, 2.75) is 25.7 Å². The molecule has 1 aromatic carbocycles. The minimum absolute atomic E-state index is 0.00850. The highest BCUT2D eigenvalue weighted by Crippen LogP contribution is 2.35. The third kappa shape index (κ3) is 3.71. The fraction of sp³-hybridized carbons (Fsp3) is 0.526. The van der Waals surface area contributed by atoms with Gasteiger partial charge in [0.2, 0.25) is 11.8 Å². The van der Waals surface area contributed by atoms with Crippen molar-refractivity contribution >= 4 is 17.8 Å². The third-order valence-corrected chi connectivity index (χ3v) is 5.52. The van der Waals surface area contributed by atoms with Gasteiger partial charge in [-0.3, -0.25) is 14.4 Å². The summed E-state index contributed by atoms with van der Waals surface area (Å²) in [5.41, 5.74) is 0.610. The topological polar surface area (TPSA) is 77.9 Å². The van der Waals surface area contributed by atoms with Crippen LogP contribution in [-0.4, -0.2) is 58.9 Å². The number of piperidine rings is 1. The van der Waals surface area contributed by atoms with Crippen LogP contribution in [-0.2, 0) is 14.4 Å². The number of halogens is 1. The SMILES string of the molecule is CC(=O)N1CCC(C(=O)N2CC(C(=O)O)C(c3cccc(F)c3)C2)CC1. The first-order valence-corrected chi connectivity index (χ1v) is 8.89. The van der Waals surface area contributed by atoms with E-state index < -0.39 is 23.6 Å². The molecule has 1 aromatic rings. The van der Waals surface area contributed by atoms with E-state index in [-0.39, 0.29) is 30.8 Å². The predicted molar refractivity (Wildman–Crippen MR) is 91.8 cm³/mol. The van der Waals surface area contributed by atoms with Crippen LogP contribution < -0.4 is 0 Å². The highest BCUT2D eigenvalue weighted by Gasteiger charge is 2.42. The molecule has 2 unspecified atom stereocenters. The summed E-state index contributed by atoms with van der Waals surface area (Å²) in [6.07, 6.45) is 1.19. The third-order valence-electron chi connectivity index (χ3n) is 5.52. The van der Waals surface area contributed by atoms with E-state index in [2.05, 4.69) is 0 Å². The van der Waals surface area contributed by atoms with Crippen molar-refractivity contribution < 1.29 is 23.9 Å². The van der Waals surface area contributed by atoms with Crippen LogP contribution in [0.15, 0.2) is 24.3 Å². The van der Waals surface area contributed by atoms with E-state index in [1.54, 1.807) is 21.9 Å². The second-order valence-electron chi connectivity index (χ2n) is 7.13. The number of rotatable bonds is 3. The number of likely N-dealkylation sites (tertiary alicyclic amines) is 2. The molecule has 2 aliphatic rings. The van der Waals surface area contributed by atoms with Gasteiger partial charge in [0.1, 0.15) is 5.82 Å². The Kier molecular flexibility index (Phi) is 5.25. The van der Waals surface area contributed by atoms with Crippen LogP contribution in [0.1, 0.15) is 31.2 Å². The molecule has 0 aromatic heterocycles. The maximum atomic E-state index is 13.5. The lowest BCUT2D eigenvalue weighted by Crippen LogP contribution is -2.43. The molecule has 1 N–H and O–H groups in total. The Morgan fingerprint density at radius 2 is 1.81 bits per heavy atom. The van der Waals surface area contributed by atoms with Crippen LogP contribution in [0.3, 0.4) is 0 Å². The van der Waals surface area contributed by atoms with Crippen LogP contribution in [0.25, 0.3) is 0 Å². The molecule has 6 nitrogen and oxygen atoms in total. The van der Waals surface area contributed by atoms with Gasteiger partial charge in [0.25, 0.3) is 0 Å². The van der Waals surface area contributed by atoms with Gasteiger partial charge >= 0.3 is 5.97 Å². The number of benzene rings is 1. The lowest BCUT2D eigenvalue weighted by molar-refractivity contribution is -0.143. The van der Waals surface area contributed by atoms with Gasteiger partial charge in [-0.1, -0.05) is 12.1 Å². The molecule has 2 heterocycles. The fourth-order valence-corrected chi connectivity index (χ4v) is 4.01. The quantitative estimate of drug-likeness (QED) is 0.888. The molecule has 0 radical (unpaired) electrons. The molecular formula is C19H23FN2O4. The smallest absolute Gasteiger partial charge is 0.308 e. The molecule has 26 heavy (non-hydrogen) atoms. The zero-order chi connectivity index (χ0) is 18.8. The monoisotopic (exact) mass is 362 g/mol. The summed E-state index contributed by atoms with van der Waals surface area (Å²) in [4.78, 5) is 39.2. The van der Waals surface area contributed by atoms with E-state index in [0.29, 0.717) is 31.5 Å². The molecule has 2 fully saturated rings. The summed E-state index contributed by atoms with van der Waals surface area (Å²) in [6.45, 7) is 3.04. The maximum absolute atomic E-state index is 13.5. The number of aliphatic carboxylic acids is 1. The van der Waals surface area contributed by atoms with Gasteiger partial charge < -0.3 is 14.9 Å². The first kappa shape index (κ1) is 18.4. The van der Waals surface area contributed by atoms with Crippen molar-refractivity contribution in [2.75, 3.05) is 26.2 Å². The number of carboxylic acids is 1. The number of hydrogen-bond donors (Lipinski definition) is 1. The Morgan fingerprint density at radius 1 is 1.12 bits per heavy atom. The Bertz CT molecular complexity index is 715. The zero-order valence-electron chi connectivity index (χ0n) is 14.7. The van der Waals surface area contributed by atoms with Crippen molar-refractivity contribution in [2.24, 2.45) is 11.8 Å². The lowest BCUT2D eigenvalue weighted by atomic mass is 9.89. The second-order valence-corrected chi connectivity index (χ2v) is 7.13. The minimum Gasteiger partial charge on any atom is -0.481 e. The summed E-state index contributed by atoms with van der Waals surface area (Å²) >= 11 is 0. The van der Waals surface area contributed by atoms with Crippen LogP contribution in [0.4, 0.5) is 4.39 Å². The van der Waals surface area contributed by atoms with E-state index in [1.807, 2.05) is 0 Å². The van der Waals surface area contributed by atoms with Crippen molar-refractivity contribution in [1.82, 2.24) is 9.80 Å². The van der Waals surface area contributed by atoms with Gasteiger partial charge in [0.05, 0.1) is 5.92 Å². The Labute approximate surface area is 151 Å². The van der Waals surface area contributed by atoms with E-state index in [4.69, 9.17) is 0 Å². The number of amides is 2. The van der Waals surface area contributed by atoms with E-state index in [1.165, 1.54) is 19.1 Å². The van der Waals surface area contributed by atoms with Gasteiger partial charge in [0.15, 0.2) is 0 Å². The molecule has 0 aliphatic carbocycles. The van der Waals surface area contributed by atoms with E-state index in [0.717, 1.165) is 0 Å². The molecule has 3 rings (SSSR count). The van der Waals surface area contributed by atoms with Gasteiger partial charge in [0, 0.05) is 44.9 Å². The standard InChI is InChI=1S/C19H23FN2O4/c1-12(23)21-7-5-13(6-8-21)18(24)22-10-16(17(11-22)19(25)26)14-3-2-4-15(20)9-14/h2-4,9,13,16-17H,5-8,10-11H2,1H3,(H,25,26). The summed E-state index contributed by atoms with van der Waals surface area (Å²) < 4.78 is 13.5. The van der Waals surface area contributed by atoms with Crippen molar-refractivity contribution in [3.8, 4) is 0 Å². The minimum atomic E-state index is -0.971. The Morgan fingerprint density at radius 3 is 2.38 bits per heavy atom. The summed E-state index contributed by atoms with van der Waals surface area (Å²) in [6, 6.07) is 5.94. The van der Waals surface area contributed by atoms with Crippen molar-refractivity contribution in [3.05, 3.63) is 35.6 Å². The Balaban J connectivity index is 1.70. The summed E-state index contributed by atoms with van der Waals surface area (Å²) in [5, 5.41) is 9.54. The van der Waals surface area contributed by atoms with Crippen LogP contribution in [0, 0.1) is 17.7 Å². The van der Waals surface area contributed by atoms with Crippen LogP contribution in [0.2, 0.25) is 0 Å². The van der Waals surface area contributed by atoms with Crippen molar-refractivity contribution in [1.29, 1.82) is 0 Å². The maximum Gasteiger partial charge on any atom is 0.308 e. The summed E-state index contributed by atoms with van der Waals surface area (Å²) in [7, 11) is 0. The first-order valence-electron chi connectivity index (χ1n) is 8.89. The van der Waals surface area contributed by atoms with Crippen LogP contribution in [0.5, 0.6) is 0 Å². The number of carboxylic acid groups (broad SMARTS) is 1. The molecule has 2 amide bonds. The normalized spacial score (nSPS) is 23.9. The molecule has 2 atom stereocenters. The zero-order valence-corrected chi connectivity index (χ0v) is 14.7. The fourth-order valence-electron chi connectivity index (χ4n) is 4.01. The molecule has 0 spiro atoms. The molecule has 0 saturated carbocycles. The highest BCUT2D eigenvalue weighted by atomic mass is 19.1. The predicted octanol–water partition coefficient (Wildman–Crippen LogP) is 1.71. The van der Waals surface area contributed by atoms with E-state index in [9.17, 15) is 23.9 Å². The largest absolute Gasteiger partial charge is 0.481 e. The number of carbonyl (C=O) groups excluding carboxylic acids is 2. The number of carbonyl (C=O) groups is 3. The van der Waals surface area contributed by atoms with Gasteiger partial charge in [-0.05, 0) is 30.5 Å². The number of hydrogen-bond acceptors (Lipinski definition) is 3. The lowest BCUT2D eigenvalue weighted by Gasteiger charge is -2.32. The van der Waals surface area contributed by atoms with Crippen molar-refractivity contribution in [3.63, 3.8) is 0 Å². The van der Waals surface area contributed by atoms with E-state index >= 15 is 0 Å². The van der Waals surface area contributed by atoms with Gasteiger partial charge in [-0.25, -0.2) is 4.39 Å². The molecule has 2 saturated heterocycles. The molecule has 140 valence electrons. The first-order chi connectivity index (χ1) is 12.4.